The molecule has 0 heterocycles. The van der Waals surface area contributed by atoms with Gasteiger partial charge in [0.15, 0.2) is 0 Å². The first-order valence-corrected chi connectivity index (χ1v) is 7.88. The van der Waals surface area contributed by atoms with Gasteiger partial charge in [0.05, 0.1) is 5.66 Å². The molecule has 2 aromatic carbocycles. The van der Waals surface area contributed by atoms with Crippen molar-refractivity contribution in [1.29, 1.82) is 0 Å². The summed E-state index contributed by atoms with van der Waals surface area (Å²) in [6.07, 6.45) is 1.16. The first kappa shape index (κ1) is 14.1. The first-order valence-electron chi connectivity index (χ1n) is 6.19. The van der Waals surface area contributed by atoms with Crippen LogP contribution in [0, 0.1) is 0 Å². The van der Waals surface area contributed by atoms with Gasteiger partial charge >= 0.3 is 7.60 Å². The van der Waals surface area contributed by atoms with Crippen LogP contribution in [0.1, 0.15) is 31.0 Å². The van der Waals surface area contributed by atoms with Crippen molar-refractivity contribution in [3.63, 3.8) is 0 Å². The van der Waals surface area contributed by atoms with Crippen molar-refractivity contribution in [1.82, 2.24) is 0 Å². The standard InChI is InChI=1S/C14H17O4P/c1-2-3-14(19(16,17)18)12-5-4-11-9-13(15)7-6-10(11)8-12/h4-9,14-15H,2-3H2,1H3,(H2,16,17,18). The highest BCUT2D eigenvalue weighted by Gasteiger charge is 2.29. The number of rotatable bonds is 4. The summed E-state index contributed by atoms with van der Waals surface area (Å²) in [4.78, 5) is 18.9. The lowest BCUT2D eigenvalue weighted by molar-refractivity contribution is 0.355. The Morgan fingerprint density at radius 2 is 1.74 bits per heavy atom. The second kappa shape index (κ2) is 5.33. The van der Waals surface area contributed by atoms with E-state index in [0.29, 0.717) is 18.4 Å². The topological polar surface area (TPSA) is 77.8 Å². The molecule has 0 bridgehead atoms. The van der Waals surface area contributed by atoms with Gasteiger partial charge in [-0.3, -0.25) is 4.57 Å². The lowest BCUT2D eigenvalue weighted by Gasteiger charge is -2.18. The molecule has 0 aromatic heterocycles. The maximum Gasteiger partial charge on any atom is 0.332 e. The SMILES string of the molecule is CCCC(c1ccc2cc(O)ccc2c1)P(=O)(O)O. The summed E-state index contributed by atoms with van der Waals surface area (Å²) >= 11 is 0. The van der Waals surface area contributed by atoms with Gasteiger partial charge in [0.2, 0.25) is 0 Å². The molecule has 5 heteroatoms. The Bertz CT molecular complexity index is 632. The third-order valence-electron chi connectivity index (χ3n) is 3.20. The Morgan fingerprint density at radius 3 is 2.37 bits per heavy atom. The molecule has 2 rings (SSSR count). The number of hydrogen-bond donors (Lipinski definition) is 3. The molecule has 0 fully saturated rings. The minimum absolute atomic E-state index is 0.181. The van der Waals surface area contributed by atoms with Crippen molar-refractivity contribution in [2.45, 2.75) is 25.4 Å². The second-order valence-electron chi connectivity index (χ2n) is 4.68. The van der Waals surface area contributed by atoms with Gasteiger partial charge in [-0.15, -0.1) is 0 Å². The summed E-state index contributed by atoms with van der Waals surface area (Å²) in [6, 6.07) is 10.2. The molecule has 0 saturated heterocycles. The quantitative estimate of drug-likeness (QED) is 0.748. The van der Waals surface area contributed by atoms with Crippen LogP contribution in [-0.4, -0.2) is 14.9 Å². The predicted molar refractivity (Wildman–Crippen MR) is 75.3 cm³/mol. The summed E-state index contributed by atoms with van der Waals surface area (Å²) in [5.74, 6) is 0.181. The molecule has 3 N–H and O–H groups in total. The lowest BCUT2D eigenvalue weighted by atomic mass is 10.0. The van der Waals surface area contributed by atoms with Crippen LogP contribution in [0.25, 0.3) is 10.8 Å². The van der Waals surface area contributed by atoms with Crippen LogP contribution in [0.2, 0.25) is 0 Å². The number of phenols is 1. The number of benzene rings is 2. The van der Waals surface area contributed by atoms with Crippen LogP contribution < -0.4 is 0 Å². The van der Waals surface area contributed by atoms with Crippen molar-refractivity contribution in [2.24, 2.45) is 0 Å². The fourth-order valence-corrected chi connectivity index (χ4v) is 3.40. The van der Waals surface area contributed by atoms with E-state index in [2.05, 4.69) is 0 Å². The van der Waals surface area contributed by atoms with Gasteiger partial charge in [0.1, 0.15) is 5.75 Å². The normalized spacial score (nSPS) is 13.6. The first-order chi connectivity index (χ1) is 8.91. The molecule has 1 unspecified atom stereocenters. The van der Waals surface area contributed by atoms with Crippen LogP contribution in [0.15, 0.2) is 36.4 Å². The van der Waals surface area contributed by atoms with E-state index in [9.17, 15) is 19.5 Å². The van der Waals surface area contributed by atoms with E-state index in [0.717, 1.165) is 10.8 Å². The third kappa shape index (κ3) is 3.16. The fourth-order valence-electron chi connectivity index (χ4n) is 2.26. The average Bonchev–Trinajstić information content (AvgIpc) is 2.34. The van der Waals surface area contributed by atoms with Crippen LogP contribution in [0.4, 0.5) is 0 Å². The van der Waals surface area contributed by atoms with Gasteiger partial charge in [-0.2, -0.15) is 0 Å². The Balaban J connectivity index is 2.49. The van der Waals surface area contributed by atoms with E-state index in [1.165, 1.54) is 0 Å². The Morgan fingerprint density at radius 1 is 1.11 bits per heavy atom. The van der Waals surface area contributed by atoms with E-state index in [4.69, 9.17) is 0 Å². The zero-order valence-corrected chi connectivity index (χ0v) is 11.5. The molecule has 4 nitrogen and oxygen atoms in total. The largest absolute Gasteiger partial charge is 0.508 e. The van der Waals surface area contributed by atoms with Crippen molar-refractivity contribution >= 4 is 18.4 Å². The summed E-state index contributed by atoms with van der Waals surface area (Å²) in [5.41, 5.74) is -0.107. The monoisotopic (exact) mass is 280 g/mol. The van der Waals surface area contributed by atoms with Crippen molar-refractivity contribution < 1.29 is 19.5 Å². The molecule has 0 aliphatic heterocycles. The molecule has 0 saturated carbocycles. The van der Waals surface area contributed by atoms with Crippen LogP contribution in [0.5, 0.6) is 5.75 Å². The summed E-state index contributed by atoms with van der Waals surface area (Å²) in [6.45, 7) is 1.90. The summed E-state index contributed by atoms with van der Waals surface area (Å²) in [7, 11) is -4.15. The molecule has 0 amide bonds. The Hall–Kier alpha value is -1.35. The fraction of sp³-hybridized carbons (Fsp3) is 0.286. The van der Waals surface area contributed by atoms with Crippen molar-refractivity contribution in [2.75, 3.05) is 0 Å². The van der Waals surface area contributed by atoms with Crippen molar-refractivity contribution in [3.05, 3.63) is 42.0 Å². The lowest BCUT2D eigenvalue weighted by Crippen LogP contribution is -1.99. The van der Waals surface area contributed by atoms with E-state index in [-0.39, 0.29) is 5.75 Å². The van der Waals surface area contributed by atoms with Crippen LogP contribution in [-0.2, 0) is 4.57 Å². The molecule has 102 valence electrons. The highest BCUT2D eigenvalue weighted by atomic mass is 31.2. The molecule has 1 atom stereocenters. The molecule has 0 aliphatic carbocycles. The summed E-state index contributed by atoms with van der Waals surface area (Å²) in [5, 5.41) is 11.1. The number of aromatic hydroxyl groups is 1. The summed E-state index contributed by atoms with van der Waals surface area (Å²) < 4.78 is 11.6. The van der Waals surface area contributed by atoms with Gasteiger partial charge in [-0.1, -0.05) is 37.6 Å². The van der Waals surface area contributed by atoms with E-state index in [1.807, 2.05) is 6.92 Å². The van der Waals surface area contributed by atoms with E-state index in [1.54, 1.807) is 36.4 Å². The molecular weight excluding hydrogens is 263 g/mol. The minimum atomic E-state index is -4.15. The average molecular weight is 280 g/mol. The molecule has 0 spiro atoms. The number of fused-ring (bicyclic) bond motifs is 1. The van der Waals surface area contributed by atoms with Gasteiger partial charge < -0.3 is 14.9 Å². The van der Waals surface area contributed by atoms with Gasteiger partial charge in [-0.05, 0) is 34.9 Å². The number of hydrogen-bond acceptors (Lipinski definition) is 2. The number of phenolic OH excluding ortho intramolecular Hbond substituents is 1. The molecule has 19 heavy (non-hydrogen) atoms. The van der Waals surface area contributed by atoms with Gasteiger partial charge in [-0.25, -0.2) is 0 Å². The highest BCUT2D eigenvalue weighted by Crippen LogP contribution is 2.54. The van der Waals surface area contributed by atoms with E-state index >= 15 is 0 Å². The Labute approximate surface area is 111 Å². The van der Waals surface area contributed by atoms with Gasteiger partial charge in [0.25, 0.3) is 0 Å². The smallest absolute Gasteiger partial charge is 0.332 e. The zero-order chi connectivity index (χ0) is 14.0. The maximum atomic E-state index is 11.6. The minimum Gasteiger partial charge on any atom is -0.508 e. The molecule has 0 radical (unpaired) electrons. The third-order valence-corrected chi connectivity index (χ3v) is 4.57. The van der Waals surface area contributed by atoms with Crippen LogP contribution >= 0.6 is 7.60 Å². The highest BCUT2D eigenvalue weighted by molar-refractivity contribution is 7.52. The predicted octanol–water partition coefficient (Wildman–Crippen LogP) is 3.56. The molecular formula is C14H17O4P. The Kier molecular flexibility index (Phi) is 3.95. The van der Waals surface area contributed by atoms with Gasteiger partial charge in [0, 0.05) is 0 Å². The van der Waals surface area contributed by atoms with Crippen molar-refractivity contribution in [3.8, 4) is 5.75 Å². The maximum absolute atomic E-state index is 11.6. The van der Waals surface area contributed by atoms with E-state index < -0.39 is 13.3 Å². The second-order valence-corrected chi connectivity index (χ2v) is 6.49. The zero-order valence-electron chi connectivity index (χ0n) is 10.7. The molecule has 0 aliphatic rings. The van der Waals surface area contributed by atoms with Crippen LogP contribution in [0.3, 0.4) is 0 Å². The molecule has 2 aromatic rings.